The third kappa shape index (κ3) is 3.15. The molecular formula is C14H23N3O3S. The summed E-state index contributed by atoms with van der Waals surface area (Å²) in [7, 11) is -1.82. The van der Waals surface area contributed by atoms with E-state index in [9.17, 15) is 8.42 Å². The highest BCUT2D eigenvalue weighted by molar-refractivity contribution is 7.89. The van der Waals surface area contributed by atoms with Gasteiger partial charge in [0.05, 0.1) is 17.0 Å². The van der Waals surface area contributed by atoms with Crippen LogP contribution in [0.3, 0.4) is 0 Å². The van der Waals surface area contributed by atoms with Crippen LogP contribution >= 0.6 is 0 Å². The van der Waals surface area contributed by atoms with Gasteiger partial charge in [0.2, 0.25) is 10.0 Å². The molecule has 1 saturated carbocycles. The van der Waals surface area contributed by atoms with E-state index in [2.05, 4.69) is 10.3 Å². The third-order valence-electron chi connectivity index (χ3n) is 4.36. The number of nitrogens with one attached hydrogen (secondary N) is 2. The maximum atomic E-state index is 12.7. The maximum Gasteiger partial charge on any atom is 0.244 e. The van der Waals surface area contributed by atoms with E-state index in [-0.39, 0.29) is 12.1 Å². The Kier molecular flexibility index (Phi) is 4.09. The van der Waals surface area contributed by atoms with Crippen molar-refractivity contribution in [1.82, 2.24) is 14.6 Å². The van der Waals surface area contributed by atoms with E-state index in [0.717, 1.165) is 12.1 Å². The molecule has 3 rings (SSSR count). The number of hydrogen-bond donors (Lipinski definition) is 2. The molecule has 2 unspecified atom stereocenters. The first-order chi connectivity index (χ1) is 9.98. The van der Waals surface area contributed by atoms with Crippen LogP contribution in [0.25, 0.3) is 0 Å². The van der Waals surface area contributed by atoms with Gasteiger partial charge >= 0.3 is 0 Å². The fraction of sp³-hybridized carbons (Fsp3) is 0.714. The molecule has 2 atom stereocenters. The number of ether oxygens (including phenoxy) is 1. The smallest absolute Gasteiger partial charge is 0.244 e. The zero-order valence-corrected chi connectivity index (χ0v) is 13.3. The Morgan fingerprint density at radius 3 is 2.81 bits per heavy atom. The second kappa shape index (κ2) is 5.72. The molecule has 1 aromatic rings. The quantitative estimate of drug-likeness (QED) is 0.824. The minimum absolute atomic E-state index is 0.0558. The van der Waals surface area contributed by atoms with Crippen molar-refractivity contribution in [2.45, 2.75) is 55.8 Å². The Labute approximate surface area is 125 Å². The Balaban J connectivity index is 1.71. The number of H-pyrrole nitrogens is 1. The van der Waals surface area contributed by atoms with Crippen LogP contribution in [-0.4, -0.2) is 49.5 Å². The van der Waals surface area contributed by atoms with E-state index < -0.39 is 10.0 Å². The van der Waals surface area contributed by atoms with E-state index in [0.29, 0.717) is 24.1 Å². The highest BCUT2D eigenvalue weighted by Gasteiger charge is 2.35. The van der Waals surface area contributed by atoms with Crippen LogP contribution in [-0.2, 0) is 21.3 Å². The first kappa shape index (κ1) is 15.0. The lowest BCUT2D eigenvalue weighted by Crippen LogP contribution is -2.40. The molecule has 7 heteroatoms. The zero-order valence-electron chi connectivity index (χ0n) is 12.5. The average Bonchev–Trinajstić information content (AvgIpc) is 2.98. The molecule has 1 saturated heterocycles. The van der Waals surface area contributed by atoms with Crippen molar-refractivity contribution < 1.29 is 13.2 Å². The Morgan fingerprint density at radius 1 is 1.43 bits per heavy atom. The van der Waals surface area contributed by atoms with Crippen LogP contribution < -0.4 is 5.32 Å². The SMILES string of the molecule is CC1OCCC1N(C)S(=O)(=O)c1c[nH]c(CNC2CC2)c1. The van der Waals surface area contributed by atoms with Gasteiger partial charge in [-0.3, -0.25) is 0 Å². The fourth-order valence-electron chi connectivity index (χ4n) is 2.75. The summed E-state index contributed by atoms with van der Waals surface area (Å²) < 4.78 is 32.2. The molecule has 6 nitrogen and oxygen atoms in total. The minimum atomic E-state index is -3.46. The molecule has 0 aromatic carbocycles. The number of rotatable bonds is 6. The lowest BCUT2D eigenvalue weighted by molar-refractivity contribution is 0.102. The van der Waals surface area contributed by atoms with E-state index in [4.69, 9.17) is 4.74 Å². The standard InChI is InChI=1S/C14H23N3O3S/c1-10-14(5-6-20-10)17(2)21(18,19)13-7-12(16-9-13)8-15-11-3-4-11/h7,9-11,14-16H,3-6,8H2,1-2H3. The Hall–Kier alpha value is -0.890. The largest absolute Gasteiger partial charge is 0.377 e. The predicted octanol–water partition coefficient (Wildman–Crippen LogP) is 1.06. The summed E-state index contributed by atoms with van der Waals surface area (Å²) in [6.07, 6.45) is 4.70. The molecule has 1 aliphatic carbocycles. The van der Waals surface area contributed by atoms with Crippen LogP contribution in [0.4, 0.5) is 0 Å². The van der Waals surface area contributed by atoms with E-state index >= 15 is 0 Å². The van der Waals surface area contributed by atoms with Crippen molar-refractivity contribution >= 4 is 10.0 Å². The Bertz CT molecular complexity index is 594. The molecule has 2 aliphatic rings. The van der Waals surface area contributed by atoms with Crippen molar-refractivity contribution in [3.05, 3.63) is 18.0 Å². The van der Waals surface area contributed by atoms with E-state index in [1.807, 2.05) is 6.92 Å². The average molecular weight is 313 g/mol. The number of likely N-dealkylation sites (N-methyl/N-ethyl adjacent to an activating group) is 1. The molecule has 1 aromatic heterocycles. The van der Waals surface area contributed by atoms with Gasteiger partial charge in [-0.2, -0.15) is 4.31 Å². The van der Waals surface area contributed by atoms with Crippen LogP contribution in [0.2, 0.25) is 0 Å². The van der Waals surface area contributed by atoms with Gasteiger partial charge in [0, 0.05) is 38.1 Å². The van der Waals surface area contributed by atoms with Gasteiger partial charge in [-0.25, -0.2) is 8.42 Å². The first-order valence-corrected chi connectivity index (χ1v) is 8.93. The lowest BCUT2D eigenvalue weighted by atomic mass is 10.2. The summed E-state index contributed by atoms with van der Waals surface area (Å²) in [6.45, 7) is 3.23. The second-order valence-corrected chi connectivity index (χ2v) is 7.97. The number of aromatic amines is 1. The van der Waals surface area contributed by atoms with Gasteiger partial charge in [0.15, 0.2) is 0 Å². The van der Waals surface area contributed by atoms with Crippen LogP contribution in [0.1, 0.15) is 31.9 Å². The highest BCUT2D eigenvalue weighted by Crippen LogP contribution is 2.25. The van der Waals surface area contributed by atoms with Crippen molar-refractivity contribution in [2.24, 2.45) is 0 Å². The predicted molar refractivity (Wildman–Crippen MR) is 79.4 cm³/mol. The van der Waals surface area contributed by atoms with E-state index in [1.165, 1.54) is 17.1 Å². The summed E-state index contributed by atoms with van der Waals surface area (Å²) in [5, 5.41) is 3.37. The van der Waals surface area contributed by atoms with Crippen LogP contribution in [0.15, 0.2) is 17.2 Å². The molecule has 1 aliphatic heterocycles. The summed E-state index contributed by atoms with van der Waals surface area (Å²) in [5.74, 6) is 0. The molecule has 21 heavy (non-hydrogen) atoms. The number of sulfonamides is 1. The zero-order chi connectivity index (χ0) is 15.0. The topological polar surface area (TPSA) is 74.4 Å². The third-order valence-corrected chi connectivity index (χ3v) is 6.22. The molecule has 0 radical (unpaired) electrons. The van der Waals surface area contributed by atoms with Gasteiger partial charge in [-0.05, 0) is 32.3 Å². The fourth-order valence-corrected chi connectivity index (χ4v) is 4.22. The Morgan fingerprint density at radius 2 is 2.19 bits per heavy atom. The molecule has 2 heterocycles. The molecule has 2 N–H and O–H groups in total. The molecule has 0 amide bonds. The molecular weight excluding hydrogens is 290 g/mol. The normalized spacial score (nSPS) is 26.6. The molecule has 0 bridgehead atoms. The van der Waals surface area contributed by atoms with Gasteiger partial charge in [-0.1, -0.05) is 0 Å². The van der Waals surface area contributed by atoms with Crippen LogP contribution in [0, 0.1) is 0 Å². The van der Waals surface area contributed by atoms with Crippen molar-refractivity contribution in [1.29, 1.82) is 0 Å². The molecule has 0 spiro atoms. The summed E-state index contributed by atoms with van der Waals surface area (Å²) in [5.41, 5.74) is 0.907. The van der Waals surface area contributed by atoms with E-state index in [1.54, 1.807) is 19.3 Å². The summed E-state index contributed by atoms with van der Waals surface area (Å²) >= 11 is 0. The molecule has 118 valence electrons. The minimum Gasteiger partial charge on any atom is -0.377 e. The lowest BCUT2D eigenvalue weighted by Gasteiger charge is -2.25. The van der Waals surface area contributed by atoms with Gasteiger partial charge in [-0.15, -0.1) is 0 Å². The van der Waals surface area contributed by atoms with Crippen molar-refractivity contribution in [3.63, 3.8) is 0 Å². The maximum absolute atomic E-state index is 12.7. The van der Waals surface area contributed by atoms with Gasteiger partial charge < -0.3 is 15.0 Å². The number of aromatic nitrogens is 1. The highest BCUT2D eigenvalue weighted by atomic mass is 32.2. The first-order valence-electron chi connectivity index (χ1n) is 7.49. The number of hydrogen-bond acceptors (Lipinski definition) is 4. The second-order valence-electron chi connectivity index (χ2n) is 5.97. The van der Waals surface area contributed by atoms with Crippen molar-refractivity contribution in [3.8, 4) is 0 Å². The monoisotopic (exact) mass is 313 g/mol. The summed E-state index contributed by atoms with van der Waals surface area (Å²) in [6, 6.07) is 2.24. The van der Waals surface area contributed by atoms with Crippen LogP contribution in [0.5, 0.6) is 0 Å². The van der Waals surface area contributed by atoms with Crippen molar-refractivity contribution in [2.75, 3.05) is 13.7 Å². The van der Waals surface area contributed by atoms with Gasteiger partial charge in [0.1, 0.15) is 0 Å². The van der Waals surface area contributed by atoms with Gasteiger partial charge in [0.25, 0.3) is 0 Å². The molecule has 2 fully saturated rings. The summed E-state index contributed by atoms with van der Waals surface area (Å²) in [4.78, 5) is 3.38. The number of nitrogens with zero attached hydrogens (tertiary/aromatic N) is 1.